The van der Waals surface area contributed by atoms with Gasteiger partial charge < -0.3 is 15.2 Å². The Hall–Kier alpha value is -2.70. The lowest BCUT2D eigenvalue weighted by atomic mass is 9.81. The normalized spacial score (nSPS) is 19.5. The summed E-state index contributed by atoms with van der Waals surface area (Å²) in [4.78, 5) is 24.6. The summed E-state index contributed by atoms with van der Waals surface area (Å²) in [7, 11) is 0. The molecule has 144 valence electrons. The van der Waals surface area contributed by atoms with Crippen molar-refractivity contribution in [3.63, 3.8) is 0 Å². The van der Waals surface area contributed by atoms with Crippen LogP contribution in [0.2, 0.25) is 0 Å². The van der Waals surface area contributed by atoms with Crippen LogP contribution >= 0.6 is 0 Å². The topological polar surface area (TPSA) is 84.2 Å². The van der Waals surface area contributed by atoms with Gasteiger partial charge in [0, 0.05) is 24.4 Å². The molecule has 0 unspecified atom stereocenters. The summed E-state index contributed by atoms with van der Waals surface area (Å²) in [5, 5.41) is 9.40. The number of aryl methyl sites for hydroxylation is 1. The summed E-state index contributed by atoms with van der Waals surface area (Å²) in [6.45, 7) is 2.17. The van der Waals surface area contributed by atoms with Crippen molar-refractivity contribution in [1.82, 2.24) is 10.5 Å². The molecule has 0 saturated heterocycles. The first-order valence-electron chi connectivity index (χ1n) is 9.28. The molecule has 1 aromatic heterocycles. The third kappa shape index (κ3) is 5.15. The van der Waals surface area contributed by atoms with E-state index in [1.54, 1.807) is 31.2 Å². The van der Waals surface area contributed by atoms with Crippen LogP contribution < -0.4 is 10.6 Å². The number of carbonyl (C=O) groups excluding carboxylic acids is 2. The molecule has 27 heavy (non-hydrogen) atoms. The number of aromatic nitrogens is 1. The second-order valence-corrected chi connectivity index (χ2v) is 6.99. The van der Waals surface area contributed by atoms with E-state index in [1.807, 2.05) is 0 Å². The SMILES string of the molecule is Cc1cc(NC(=O)C2CCC(C(=O)NCCc3ccccc3F)CC2)no1. The molecule has 1 aliphatic rings. The van der Waals surface area contributed by atoms with Crippen LogP contribution in [0, 0.1) is 24.6 Å². The van der Waals surface area contributed by atoms with Crippen molar-refractivity contribution >= 4 is 17.6 Å². The van der Waals surface area contributed by atoms with Gasteiger partial charge in [0.25, 0.3) is 0 Å². The van der Waals surface area contributed by atoms with Gasteiger partial charge in [0.2, 0.25) is 11.8 Å². The van der Waals surface area contributed by atoms with Crippen LogP contribution in [-0.2, 0) is 16.0 Å². The number of nitrogens with one attached hydrogen (secondary N) is 2. The van der Waals surface area contributed by atoms with Gasteiger partial charge in [0.1, 0.15) is 11.6 Å². The molecule has 0 bridgehead atoms. The molecule has 1 heterocycles. The van der Waals surface area contributed by atoms with Crippen molar-refractivity contribution < 1.29 is 18.5 Å². The minimum Gasteiger partial charge on any atom is -0.360 e. The van der Waals surface area contributed by atoms with Gasteiger partial charge in [-0.25, -0.2) is 4.39 Å². The Morgan fingerprint density at radius 2 is 1.81 bits per heavy atom. The van der Waals surface area contributed by atoms with E-state index in [0.29, 0.717) is 55.8 Å². The quantitative estimate of drug-likeness (QED) is 0.814. The van der Waals surface area contributed by atoms with Gasteiger partial charge in [0.05, 0.1) is 0 Å². The van der Waals surface area contributed by atoms with E-state index in [-0.39, 0.29) is 29.5 Å². The van der Waals surface area contributed by atoms with Crippen LogP contribution in [0.5, 0.6) is 0 Å². The van der Waals surface area contributed by atoms with Crippen LogP contribution in [0.1, 0.15) is 37.0 Å². The van der Waals surface area contributed by atoms with Gasteiger partial charge >= 0.3 is 0 Å². The largest absolute Gasteiger partial charge is 0.360 e. The second-order valence-electron chi connectivity index (χ2n) is 6.99. The van der Waals surface area contributed by atoms with E-state index in [2.05, 4.69) is 15.8 Å². The second kappa shape index (κ2) is 8.79. The number of hydrogen-bond donors (Lipinski definition) is 2. The zero-order valence-corrected chi connectivity index (χ0v) is 15.3. The molecule has 1 fully saturated rings. The Labute approximate surface area is 157 Å². The van der Waals surface area contributed by atoms with E-state index in [9.17, 15) is 14.0 Å². The maximum absolute atomic E-state index is 13.6. The van der Waals surface area contributed by atoms with Crippen LogP contribution in [0.4, 0.5) is 10.2 Å². The number of benzene rings is 1. The summed E-state index contributed by atoms with van der Waals surface area (Å²) < 4.78 is 18.5. The molecule has 1 aliphatic carbocycles. The van der Waals surface area contributed by atoms with Crippen LogP contribution in [0.15, 0.2) is 34.9 Å². The maximum atomic E-state index is 13.6. The van der Waals surface area contributed by atoms with Gasteiger partial charge in [-0.2, -0.15) is 0 Å². The van der Waals surface area contributed by atoms with E-state index >= 15 is 0 Å². The predicted molar refractivity (Wildman–Crippen MR) is 98.4 cm³/mol. The Morgan fingerprint density at radius 3 is 2.44 bits per heavy atom. The van der Waals surface area contributed by atoms with E-state index in [1.165, 1.54) is 6.07 Å². The number of amides is 2. The van der Waals surface area contributed by atoms with Gasteiger partial charge in [-0.1, -0.05) is 23.4 Å². The van der Waals surface area contributed by atoms with E-state index in [4.69, 9.17) is 4.52 Å². The Bertz CT molecular complexity index is 797. The number of anilines is 1. The number of rotatable bonds is 6. The highest BCUT2D eigenvalue weighted by atomic mass is 19.1. The Kier molecular flexibility index (Phi) is 6.21. The van der Waals surface area contributed by atoms with Crippen molar-refractivity contribution in [3.8, 4) is 0 Å². The maximum Gasteiger partial charge on any atom is 0.228 e. The first kappa shape index (κ1) is 19.1. The minimum absolute atomic E-state index is 0.0164. The summed E-state index contributed by atoms with van der Waals surface area (Å²) in [5.74, 6) is 0.500. The highest BCUT2D eigenvalue weighted by Crippen LogP contribution is 2.29. The molecule has 1 aromatic carbocycles. The molecule has 0 aliphatic heterocycles. The van der Waals surface area contributed by atoms with Gasteiger partial charge in [-0.05, 0) is 50.7 Å². The fraction of sp³-hybridized carbons (Fsp3) is 0.450. The molecule has 0 spiro atoms. The van der Waals surface area contributed by atoms with Gasteiger partial charge in [0.15, 0.2) is 5.82 Å². The fourth-order valence-corrected chi connectivity index (χ4v) is 3.44. The number of hydrogen-bond acceptors (Lipinski definition) is 4. The zero-order chi connectivity index (χ0) is 19.2. The lowest BCUT2D eigenvalue weighted by molar-refractivity contribution is -0.128. The highest BCUT2D eigenvalue weighted by Gasteiger charge is 2.30. The third-order valence-corrected chi connectivity index (χ3v) is 5.00. The average molecular weight is 373 g/mol. The van der Waals surface area contributed by atoms with Crippen molar-refractivity contribution in [3.05, 3.63) is 47.5 Å². The smallest absolute Gasteiger partial charge is 0.228 e. The Balaban J connectivity index is 1.40. The molecule has 2 aromatic rings. The van der Waals surface area contributed by atoms with Crippen molar-refractivity contribution in [2.45, 2.75) is 39.0 Å². The predicted octanol–water partition coefficient (Wildman–Crippen LogP) is 3.23. The molecule has 1 saturated carbocycles. The standard InChI is InChI=1S/C20H24FN3O3/c1-13-12-18(24-27-13)23-20(26)16-8-6-15(7-9-16)19(25)22-11-10-14-4-2-3-5-17(14)21/h2-5,12,15-16H,6-11H2,1H3,(H,22,25)(H,23,24,26). The monoisotopic (exact) mass is 373 g/mol. The summed E-state index contributed by atoms with van der Waals surface area (Å²) >= 11 is 0. The molecule has 0 atom stereocenters. The zero-order valence-electron chi connectivity index (χ0n) is 15.3. The summed E-state index contributed by atoms with van der Waals surface area (Å²) in [6, 6.07) is 8.25. The van der Waals surface area contributed by atoms with Crippen molar-refractivity contribution in [2.24, 2.45) is 11.8 Å². The lowest BCUT2D eigenvalue weighted by Crippen LogP contribution is -2.36. The molecule has 3 rings (SSSR count). The van der Waals surface area contributed by atoms with Crippen LogP contribution in [0.3, 0.4) is 0 Å². The van der Waals surface area contributed by atoms with Crippen molar-refractivity contribution in [1.29, 1.82) is 0 Å². The molecule has 0 radical (unpaired) electrons. The summed E-state index contributed by atoms with van der Waals surface area (Å²) in [6.07, 6.45) is 3.12. The third-order valence-electron chi connectivity index (χ3n) is 5.00. The molecular weight excluding hydrogens is 349 g/mol. The molecule has 2 amide bonds. The number of carbonyl (C=O) groups is 2. The number of halogens is 1. The molecular formula is C20H24FN3O3. The lowest BCUT2D eigenvalue weighted by Gasteiger charge is -2.26. The Morgan fingerprint density at radius 1 is 1.15 bits per heavy atom. The molecule has 6 nitrogen and oxygen atoms in total. The molecule has 7 heteroatoms. The fourth-order valence-electron chi connectivity index (χ4n) is 3.44. The van der Waals surface area contributed by atoms with Gasteiger partial charge in [-0.3, -0.25) is 9.59 Å². The van der Waals surface area contributed by atoms with Crippen LogP contribution in [-0.4, -0.2) is 23.5 Å². The van der Waals surface area contributed by atoms with E-state index in [0.717, 1.165) is 0 Å². The minimum atomic E-state index is -0.249. The molecule has 2 N–H and O–H groups in total. The first-order chi connectivity index (χ1) is 13.0. The average Bonchev–Trinajstić information content (AvgIpc) is 3.08. The summed E-state index contributed by atoms with van der Waals surface area (Å²) in [5.41, 5.74) is 0.598. The number of nitrogens with zero attached hydrogens (tertiary/aromatic N) is 1. The van der Waals surface area contributed by atoms with Crippen molar-refractivity contribution in [2.75, 3.05) is 11.9 Å². The first-order valence-corrected chi connectivity index (χ1v) is 9.28. The van der Waals surface area contributed by atoms with E-state index < -0.39 is 0 Å². The highest BCUT2D eigenvalue weighted by molar-refractivity contribution is 5.91. The van der Waals surface area contributed by atoms with Gasteiger partial charge in [-0.15, -0.1) is 0 Å². The van der Waals surface area contributed by atoms with Crippen LogP contribution in [0.25, 0.3) is 0 Å².